The Hall–Kier alpha value is -2.85. The van der Waals surface area contributed by atoms with Gasteiger partial charge in [-0.25, -0.2) is 13.4 Å². The Bertz CT molecular complexity index is 1200. The summed E-state index contributed by atoms with van der Waals surface area (Å²) >= 11 is 3.20. The van der Waals surface area contributed by atoms with Crippen molar-refractivity contribution in [3.63, 3.8) is 0 Å². The molecule has 0 aliphatic carbocycles. The highest BCUT2D eigenvalue weighted by Crippen LogP contribution is 2.35. The van der Waals surface area contributed by atoms with Gasteiger partial charge in [-0.15, -0.1) is 0 Å². The molecule has 10 heteroatoms. The van der Waals surface area contributed by atoms with Crippen molar-refractivity contribution in [1.82, 2.24) is 5.01 Å². The Morgan fingerprint density at radius 2 is 2.10 bits per heavy atom. The van der Waals surface area contributed by atoms with Crippen LogP contribution in [-0.2, 0) is 10.0 Å². The Labute approximate surface area is 181 Å². The Kier molecular flexibility index (Phi) is 5.52. The van der Waals surface area contributed by atoms with Crippen LogP contribution in [0.1, 0.15) is 41.3 Å². The van der Waals surface area contributed by atoms with E-state index in [2.05, 4.69) is 25.8 Å². The number of amides is 1. The zero-order valence-corrected chi connectivity index (χ0v) is 18.3. The first-order valence-corrected chi connectivity index (χ1v) is 11.6. The number of hydrazone groups is 1. The number of rotatable bonds is 6. The maximum absolute atomic E-state index is 13.0. The SMILES string of the molecule is CCS(=O)(=O)Nc1cccc(C2=NN(C(=O)c3ccc(Br)o3)[C@H](c3ccco3)C2)c1. The molecule has 0 fully saturated rings. The largest absolute Gasteiger partial charge is 0.467 e. The van der Waals surface area contributed by atoms with Crippen LogP contribution in [0.3, 0.4) is 0 Å². The lowest BCUT2D eigenvalue weighted by Gasteiger charge is -2.18. The molecule has 8 nitrogen and oxygen atoms in total. The summed E-state index contributed by atoms with van der Waals surface area (Å²) in [6.07, 6.45) is 1.95. The van der Waals surface area contributed by atoms with Gasteiger partial charge >= 0.3 is 5.91 Å². The summed E-state index contributed by atoms with van der Waals surface area (Å²) in [7, 11) is -3.40. The van der Waals surface area contributed by atoms with Crippen molar-refractivity contribution in [2.24, 2.45) is 5.10 Å². The number of nitrogens with zero attached hydrogens (tertiary/aromatic N) is 2. The number of carbonyl (C=O) groups is 1. The van der Waals surface area contributed by atoms with Crippen molar-refractivity contribution in [2.45, 2.75) is 19.4 Å². The van der Waals surface area contributed by atoms with Gasteiger partial charge in [0.2, 0.25) is 10.0 Å². The summed E-state index contributed by atoms with van der Waals surface area (Å²) in [5.74, 6) is 0.308. The van der Waals surface area contributed by atoms with Gasteiger partial charge in [-0.1, -0.05) is 12.1 Å². The molecule has 0 unspecified atom stereocenters. The summed E-state index contributed by atoms with van der Waals surface area (Å²) < 4.78 is 37.7. The highest BCUT2D eigenvalue weighted by Gasteiger charge is 2.36. The number of halogens is 1. The fraction of sp³-hybridized carbons (Fsp3) is 0.200. The third-order valence-electron chi connectivity index (χ3n) is 4.62. The van der Waals surface area contributed by atoms with Crippen molar-refractivity contribution in [1.29, 1.82) is 0 Å². The van der Waals surface area contributed by atoms with E-state index in [1.807, 2.05) is 6.07 Å². The maximum Gasteiger partial charge on any atom is 0.310 e. The van der Waals surface area contributed by atoms with Crippen LogP contribution < -0.4 is 4.72 Å². The summed E-state index contributed by atoms with van der Waals surface area (Å²) in [4.78, 5) is 13.0. The monoisotopic (exact) mass is 491 g/mol. The van der Waals surface area contributed by atoms with Crippen molar-refractivity contribution in [2.75, 3.05) is 10.5 Å². The van der Waals surface area contributed by atoms with Gasteiger partial charge in [0, 0.05) is 12.1 Å². The number of hydrogen-bond acceptors (Lipinski definition) is 6. The predicted molar refractivity (Wildman–Crippen MR) is 115 cm³/mol. The van der Waals surface area contributed by atoms with Crippen LogP contribution in [0.4, 0.5) is 5.69 Å². The van der Waals surface area contributed by atoms with E-state index >= 15 is 0 Å². The molecule has 0 spiro atoms. The molecule has 4 rings (SSSR count). The van der Waals surface area contributed by atoms with E-state index in [9.17, 15) is 13.2 Å². The quantitative estimate of drug-likeness (QED) is 0.550. The normalized spacial score (nSPS) is 16.5. The second kappa shape index (κ2) is 8.11. The fourth-order valence-electron chi connectivity index (χ4n) is 3.13. The average Bonchev–Trinajstić information content (AvgIpc) is 3.47. The van der Waals surface area contributed by atoms with Gasteiger partial charge in [-0.05, 0) is 64.8 Å². The van der Waals surface area contributed by atoms with E-state index in [1.54, 1.807) is 55.7 Å². The fourth-order valence-corrected chi connectivity index (χ4v) is 4.07. The lowest BCUT2D eigenvalue weighted by molar-refractivity contribution is 0.0659. The number of carbonyl (C=O) groups excluding carboxylic acids is 1. The van der Waals surface area contributed by atoms with Crippen LogP contribution in [0.5, 0.6) is 0 Å². The van der Waals surface area contributed by atoms with Crippen molar-refractivity contribution in [3.05, 3.63) is 76.5 Å². The Morgan fingerprint density at radius 1 is 1.27 bits per heavy atom. The van der Waals surface area contributed by atoms with Crippen LogP contribution in [0.25, 0.3) is 0 Å². The molecular formula is C20H18BrN3O5S. The summed E-state index contributed by atoms with van der Waals surface area (Å²) in [6.45, 7) is 1.57. The van der Waals surface area contributed by atoms with Crippen LogP contribution in [0.2, 0.25) is 0 Å². The molecule has 30 heavy (non-hydrogen) atoms. The molecule has 1 N–H and O–H groups in total. The lowest BCUT2D eigenvalue weighted by atomic mass is 10.0. The summed E-state index contributed by atoms with van der Waals surface area (Å²) in [5, 5.41) is 5.86. The van der Waals surface area contributed by atoms with Gasteiger partial charge < -0.3 is 8.83 Å². The number of hydrogen-bond donors (Lipinski definition) is 1. The van der Waals surface area contributed by atoms with Gasteiger partial charge in [0.05, 0.1) is 17.7 Å². The number of nitrogens with one attached hydrogen (secondary N) is 1. The first-order chi connectivity index (χ1) is 14.4. The zero-order chi connectivity index (χ0) is 21.3. The molecule has 1 amide bonds. The second-order valence-corrected chi connectivity index (χ2v) is 9.41. The van der Waals surface area contributed by atoms with E-state index in [0.29, 0.717) is 33.8 Å². The summed E-state index contributed by atoms with van der Waals surface area (Å²) in [6, 6.07) is 13.2. The number of anilines is 1. The highest BCUT2D eigenvalue weighted by molar-refractivity contribution is 9.10. The summed E-state index contributed by atoms with van der Waals surface area (Å²) in [5.41, 5.74) is 1.78. The third kappa shape index (κ3) is 4.19. The van der Waals surface area contributed by atoms with E-state index in [1.165, 1.54) is 5.01 Å². The average molecular weight is 492 g/mol. The maximum atomic E-state index is 13.0. The topological polar surface area (TPSA) is 105 Å². The molecular weight excluding hydrogens is 474 g/mol. The lowest BCUT2D eigenvalue weighted by Crippen LogP contribution is -2.26. The van der Waals surface area contributed by atoms with Gasteiger partial charge in [0.25, 0.3) is 0 Å². The van der Waals surface area contributed by atoms with Crippen molar-refractivity contribution >= 4 is 43.3 Å². The van der Waals surface area contributed by atoms with Crippen molar-refractivity contribution < 1.29 is 22.0 Å². The van der Waals surface area contributed by atoms with Crippen LogP contribution in [0.15, 0.2) is 73.4 Å². The molecule has 0 bridgehead atoms. The molecule has 156 valence electrons. The standard InChI is InChI=1S/C20H18BrN3O5S/c1-2-30(26,27)23-14-6-3-5-13(11-14)15-12-16(17-7-4-10-28-17)24(22-15)20(25)18-8-9-19(21)29-18/h3-11,16,23H,2,12H2,1H3/t16-/m0/s1. The van der Waals surface area contributed by atoms with Gasteiger partial charge in [-0.2, -0.15) is 5.10 Å². The Morgan fingerprint density at radius 3 is 2.77 bits per heavy atom. The van der Waals surface area contributed by atoms with Gasteiger partial charge in [0.15, 0.2) is 10.4 Å². The molecule has 3 aromatic rings. The number of sulfonamides is 1. The molecule has 0 radical (unpaired) electrons. The smallest absolute Gasteiger partial charge is 0.310 e. The minimum absolute atomic E-state index is 0.0280. The zero-order valence-electron chi connectivity index (χ0n) is 15.9. The first-order valence-electron chi connectivity index (χ1n) is 9.17. The molecule has 1 aliphatic heterocycles. The molecule has 3 heterocycles. The van der Waals surface area contributed by atoms with Gasteiger partial charge in [0.1, 0.15) is 11.8 Å². The molecule has 0 saturated heterocycles. The highest BCUT2D eigenvalue weighted by atomic mass is 79.9. The molecule has 2 aromatic heterocycles. The van der Waals surface area contributed by atoms with Gasteiger partial charge in [-0.3, -0.25) is 9.52 Å². The van der Waals surface area contributed by atoms with E-state index < -0.39 is 22.0 Å². The predicted octanol–water partition coefficient (Wildman–Crippen LogP) is 4.39. The molecule has 1 atom stereocenters. The number of furan rings is 2. The van der Waals surface area contributed by atoms with E-state index in [0.717, 1.165) is 0 Å². The minimum atomic E-state index is -3.40. The molecule has 1 aromatic carbocycles. The Balaban J connectivity index is 1.68. The first kappa shape index (κ1) is 20.4. The van der Waals surface area contributed by atoms with Crippen LogP contribution >= 0.6 is 15.9 Å². The molecule has 0 saturated carbocycles. The minimum Gasteiger partial charge on any atom is -0.467 e. The second-order valence-electron chi connectivity index (χ2n) is 6.62. The molecule has 1 aliphatic rings. The van der Waals surface area contributed by atoms with Crippen LogP contribution in [-0.4, -0.2) is 30.8 Å². The third-order valence-corrected chi connectivity index (χ3v) is 6.36. The van der Waals surface area contributed by atoms with E-state index in [4.69, 9.17) is 8.83 Å². The number of benzene rings is 1. The van der Waals surface area contributed by atoms with E-state index in [-0.39, 0.29) is 11.5 Å². The van der Waals surface area contributed by atoms with Crippen molar-refractivity contribution in [3.8, 4) is 0 Å². The van der Waals surface area contributed by atoms with Crippen LogP contribution in [0, 0.1) is 0 Å².